The second-order valence-corrected chi connectivity index (χ2v) is 6.12. The van der Waals surface area contributed by atoms with Crippen molar-refractivity contribution in [1.29, 1.82) is 0 Å². The summed E-state index contributed by atoms with van der Waals surface area (Å²) in [5, 5.41) is 22.6. The van der Waals surface area contributed by atoms with Crippen LogP contribution in [-0.2, 0) is 0 Å². The number of aromatic nitrogens is 3. The van der Waals surface area contributed by atoms with Gasteiger partial charge >= 0.3 is 0 Å². The lowest BCUT2D eigenvalue weighted by Gasteiger charge is -2.02. The highest BCUT2D eigenvalue weighted by molar-refractivity contribution is 7.71. The number of nitrogens with zero attached hydrogens (tertiary/aromatic N) is 4. The van der Waals surface area contributed by atoms with Crippen LogP contribution < -0.4 is 0 Å². The summed E-state index contributed by atoms with van der Waals surface area (Å²) in [5.74, 6) is 0.465. The lowest BCUT2D eigenvalue weighted by Crippen LogP contribution is -1.96. The number of hydrogen-bond acceptors (Lipinski definition) is 5. The smallest absolute Gasteiger partial charge is 0.258 e. The Balaban J connectivity index is 2.00. The van der Waals surface area contributed by atoms with Gasteiger partial charge in [0.2, 0.25) is 4.77 Å². The van der Waals surface area contributed by atoms with E-state index >= 15 is 0 Å². The Kier molecular flexibility index (Phi) is 4.93. The number of rotatable bonds is 4. The minimum atomic E-state index is -0.555. The SMILES string of the molecule is O=[N+]([O-])c1cc(/C=N/n2c(-c3cccc(Cl)c3)n[nH]c2=S)ccc1Cl. The fourth-order valence-electron chi connectivity index (χ4n) is 2.09. The van der Waals surface area contributed by atoms with Crippen molar-refractivity contribution in [3.8, 4) is 11.4 Å². The van der Waals surface area contributed by atoms with Gasteiger partial charge in [0.15, 0.2) is 5.82 Å². The molecule has 0 unspecified atom stereocenters. The third kappa shape index (κ3) is 3.76. The molecule has 1 heterocycles. The van der Waals surface area contributed by atoms with Crippen LogP contribution in [0.1, 0.15) is 5.56 Å². The fraction of sp³-hybridized carbons (Fsp3) is 0. The number of nitro benzene ring substituents is 1. The van der Waals surface area contributed by atoms with Crippen molar-refractivity contribution in [3.05, 3.63) is 73.0 Å². The topological polar surface area (TPSA) is 89.1 Å². The van der Waals surface area contributed by atoms with Crippen molar-refractivity contribution in [2.75, 3.05) is 0 Å². The molecule has 0 amide bonds. The number of aromatic amines is 1. The lowest BCUT2D eigenvalue weighted by molar-refractivity contribution is -0.384. The second-order valence-electron chi connectivity index (χ2n) is 4.89. The maximum absolute atomic E-state index is 11.0. The molecule has 2 aromatic carbocycles. The van der Waals surface area contributed by atoms with Crippen molar-refractivity contribution in [2.24, 2.45) is 5.10 Å². The second kappa shape index (κ2) is 7.14. The van der Waals surface area contributed by atoms with Gasteiger partial charge in [0.25, 0.3) is 5.69 Å². The molecule has 1 N–H and O–H groups in total. The predicted molar refractivity (Wildman–Crippen MR) is 99.0 cm³/mol. The van der Waals surface area contributed by atoms with Gasteiger partial charge in [-0.2, -0.15) is 14.9 Å². The Labute approximate surface area is 156 Å². The molecule has 0 radical (unpaired) electrons. The Hall–Kier alpha value is -2.55. The third-order valence-corrected chi connectivity index (χ3v) is 4.04. The van der Waals surface area contributed by atoms with Crippen LogP contribution in [0.25, 0.3) is 11.4 Å². The van der Waals surface area contributed by atoms with Gasteiger partial charge in [0.05, 0.1) is 11.1 Å². The molecule has 0 fully saturated rings. The van der Waals surface area contributed by atoms with Crippen LogP contribution in [-0.4, -0.2) is 26.0 Å². The fourth-order valence-corrected chi connectivity index (χ4v) is 2.64. The summed E-state index contributed by atoms with van der Waals surface area (Å²) in [4.78, 5) is 10.4. The zero-order valence-corrected chi connectivity index (χ0v) is 14.7. The van der Waals surface area contributed by atoms with Crippen LogP contribution in [0.4, 0.5) is 5.69 Å². The molecule has 0 bridgehead atoms. The standard InChI is InChI=1S/C15H9Cl2N5O2S/c16-11-3-1-2-10(7-11)14-19-20-15(25)21(14)18-8-9-4-5-12(17)13(6-9)22(23)24/h1-8H,(H,20,25)/b18-8+. The van der Waals surface area contributed by atoms with Gasteiger partial charge in [0.1, 0.15) is 5.02 Å². The van der Waals surface area contributed by atoms with E-state index in [1.165, 1.54) is 23.0 Å². The average molecular weight is 394 g/mol. The Morgan fingerprint density at radius 2 is 2.08 bits per heavy atom. The van der Waals surface area contributed by atoms with Crippen LogP contribution in [0.15, 0.2) is 47.6 Å². The van der Waals surface area contributed by atoms with E-state index in [2.05, 4.69) is 15.3 Å². The van der Waals surface area contributed by atoms with Crippen molar-refractivity contribution in [3.63, 3.8) is 0 Å². The van der Waals surface area contributed by atoms with E-state index in [0.29, 0.717) is 16.4 Å². The van der Waals surface area contributed by atoms with Gasteiger partial charge in [-0.25, -0.2) is 5.10 Å². The zero-order chi connectivity index (χ0) is 18.0. The molecule has 0 atom stereocenters. The maximum atomic E-state index is 11.0. The lowest BCUT2D eigenvalue weighted by atomic mass is 10.2. The first-order valence-corrected chi connectivity index (χ1v) is 8.04. The highest BCUT2D eigenvalue weighted by Gasteiger charge is 2.12. The molecule has 10 heteroatoms. The summed E-state index contributed by atoms with van der Waals surface area (Å²) in [6, 6.07) is 11.4. The molecule has 0 aliphatic rings. The van der Waals surface area contributed by atoms with Crippen LogP contribution in [0.3, 0.4) is 0 Å². The summed E-state index contributed by atoms with van der Waals surface area (Å²) in [6.45, 7) is 0. The van der Waals surface area contributed by atoms with Crippen LogP contribution in [0.2, 0.25) is 10.0 Å². The van der Waals surface area contributed by atoms with Gasteiger partial charge < -0.3 is 0 Å². The van der Waals surface area contributed by atoms with Crippen molar-refractivity contribution >= 4 is 47.3 Å². The first-order valence-electron chi connectivity index (χ1n) is 6.87. The van der Waals surface area contributed by atoms with E-state index in [1.54, 1.807) is 24.3 Å². The largest absolute Gasteiger partial charge is 0.288 e. The number of nitro groups is 1. The van der Waals surface area contributed by atoms with Gasteiger partial charge in [-0.3, -0.25) is 10.1 Å². The molecule has 0 saturated heterocycles. The van der Waals surface area contributed by atoms with Gasteiger partial charge in [-0.05, 0) is 30.4 Å². The predicted octanol–water partition coefficient (Wildman–Crippen LogP) is 4.70. The molecule has 7 nitrogen and oxygen atoms in total. The quantitative estimate of drug-likeness (QED) is 0.301. The van der Waals surface area contributed by atoms with Crippen LogP contribution in [0, 0.1) is 14.9 Å². The molecule has 25 heavy (non-hydrogen) atoms. The molecule has 0 aliphatic heterocycles. The molecular weight excluding hydrogens is 385 g/mol. The highest BCUT2D eigenvalue weighted by Crippen LogP contribution is 2.25. The normalized spacial score (nSPS) is 11.1. The monoisotopic (exact) mass is 393 g/mol. The zero-order valence-electron chi connectivity index (χ0n) is 12.4. The number of halogens is 2. The molecule has 3 rings (SSSR count). The molecule has 126 valence electrons. The first kappa shape index (κ1) is 17.3. The van der Waals surface area contributed by atoms with Crippen molar-refractivity contribution < 1.29 is 4.92 Å². The molecule has 0 spiro atoms. The summed E-state index contributed by atoms with van der Waals surface area (Å²) in [5.41, 5.74) is 1.02. The van der Waals surface area contributed by atoms with E-state index in [0.717, 1.165) is 5.56 Å². The van der Waals surface area contributed by atoms with Gasteiger partial charge in [0, 0.05) is 22.2 Å². The average Bonchev–Trinajstić information content (AvgIpc) is 2.94. The van der Waals surface area contributed by atoms with Gasteiger partial charge in [-0.15, -0.1) is 0 Å². The van der Waals surface area contributed by atoms with E-state index in [-0.39, 0.29) is 15.5 Å². The summed E-state index contributed by atoms with van der Waals surface area (Å²) in [6.07, 6.45) is 1.43. The molecule has 0 aliphatic carbocycles. The number of nitrogens with one attached hydrogen (secondary N) is 1. The van der Waals surface area contributed by atoms with Crippen LogP contribution in [0.5, 0.6) is 0 Å². The maximum Gasteiger partial charge on any atom is 0.288 e. The van der Waals surface area contributed by atoms with Crippen molar-refractivity contribution in [1.82, 2.24) is 14.9 Å². The van der Waals surface area contributed by atoms with E-state index in [1.807, 2.05) is 6.07 Å². The summed E-state index contributed by atoms with van der Waals surface area (Å²) < 4.78 is 1.68. The molecular formula is C15H9Cl2N5O2S. The highest BCUT2D eigenvalue weighted by atomic mass is 35.5. The van der Waals surface area contributed by atoms with Crippen molar-refractivity contribution in [2.45, 2.75) is 0 Å². The minimum Gasteiger partial charge on any atom is -0.258 e. The Morgan fingerprint density at radius 1 is 1.28 bits per heavy atom. The van der Waals surface area contributed by atoms with E-state index < -0.39 is 4.92 Å². The van der Waals surface area contributed by atoms with Gasteiger partial charge in [-0.1, -0.05) is 41.4 Å². The Morgan fingerprint density at radius 3 is 2.80 bits per heavy atom. The van der Waals surface area contributed by atoms with E-state index in [4.69, 9.17) is 35.4 Å². The van der Waals surface area contributed by atoms with Crippen LogP contribution >= 0.6 is 35.4 Å². The Bertz CT molecular complexity index is 1040. The first-order chi connectivity index (χ1) is 12.0. The number of hydrogen-bond donors (Lipinski definition) is 1. The van der Waals surface area contributed by atoms with E-state index in [9.17, 15) is 10.1 Å². The summed E-state index contributed by atoms with van der Waals surface area (Å²) >= 11 is 17.0. The number of benzene rings is 2. The minimum absolute atomic E-state index is 0.0571. The third-order valence-electron chi connectivity index (χ3n) is 3.22. The molecule has 0 saturated carbocycles. The molecule has 3 aromatic rings. The summed E-state index contributed by atoms with van der Waals surface area (Å²) in [7, 11) is 0. The molecule has 1 aromatic heterocycles. The number of H-pyrrole nitrogens is 1.